The number of rotatable bonds is 7. The molecule has 0 aliphatic carbocycles. The molecule has 2 aromatic carbocycles. The van der Waals surface area contributed by atoms with E-state index in [2.05, 4.69) is 34.8 Å². The molecule has 2 heterocycles. The first-order chi connectivity index (χ1) is 14.2. The summed E-state index contributed by atoms with van der Waals surface area (Å²) in [5, 5.41) is 8.23. The zero-order valence-corrected chi connectivity index (χ0v) is 17.0. The fraction of sp³-hybridized carbons (Fsp3) is 0.348. The molecule has 4 rings (SSSR count). The van der Waals surface area contributed by atoms with Crippen LogP contribution in [0.25, 0.3) is 11.3 Å². The van der Waals surface area contributed by atoms with Crippen molar-refractivity contribution in [2.45, 2.75) is 26.1 Å². The van der Waals surface area contributed by atoms with Gasteiger partial charge in [0.25, 0.3) is 0 Å². The van der Waals surface area contributed by atoms with Gasteiger partial charge in [0, 0.05) is 51.0 Å². The van der Waals surface area contributed by atoms with Gasteiger partial charge < -0.3 is 19.5 Å². The Morgan fingerprint density at radius 1 is 1.00 bits per heavy atom. The van der Waals surface area contributed by atoms with Gasteiger partial charge in [-0.05, 0) is 29.3 Å². The number of hydrogen-bond donors (Lipinski definition) is 1. The maximum Gasteiger partial charge on any atom is 0.161 e. The minimum atomic E-state index is 0.618. The second-order valence-electron chi connectivity index (χ2n) is 7.19. The van der Waals surface area contributed by atoms with Gasteiger partial charge in [-0.25, -0.2) is 0 Å². The standard InChI is InChI=1S/C23H27N3O3/c1-26-15-20(14-24-13-18-6-3-4-7-19(18)16-27-2)23(25-26)17-8-9-21-22(12-17)29-11-5-10-28-21/h3-4,6-9,12,15,24H,5,10-11,13-14,16H2,1-2H3. The third-order valence-corrected chi connectivity index (χ3v) is 4.97. The largest absolute Gasteiger partial charge is 0.490 e. The van der Waals surface area contributed by atoms with Crippen LogP contribution in [0.2, 0.25) is 0 Å². The van der Waals surface area contributed by atoms with E-state index in [0.29, 0.717) is 19.8 Å². The molecule has 29 heavy (non-hydrogen) atoms. The molecule has 1 N–H and O–H groups in total. The maximum atomic E-state index is 5.85. The summed E-state index contributed by atoms with van der Waals surface area (Å²) in [6.07, 6.45) is 2.96. The number of aryl methyl sites for hydroxylation is 1. The summed E-state index contributed by atoms with van der Waals surface area (Å²) in [4.78, 5) is 0. The van der Waals surface area contributed by atoms with E-state index in [1.54, 1.807) is 7.11 Å². The number of hydrogen-bond acceptors (Lipinski definition) is 5. The third-order valence-electron chi connectivity index (χ3n) is 4.97. The Morgan fingerprint density at radius 2 is 1.76 bits per heavy atom. The Hall–Kier alpha value is -2.83. The van der Waals surface area contributed by atoms with Crippen LogP contribution in [0.4, 0.5) is 0 Å². The van der Waals surface area contributed by atoms with Crippen LogP contribution < -0.4 is 14.8 Å². The van der Waals surface area contributed by atoms with E-state index in [1.165, 1.54) is 11.1 Å². The highest BCUT2D eigenvalue weighted by Crippen LogP contribution is 2.34. The van der Waals surface area contributed by atoms with E-state index in [1.807, 2.05) is 36.0 Å². The van der Waals surface area contributed by atoms with Crippen molar-refractivity contribution in [3.63, 3.8) is 0 Å². The normalized spacial score (nSPS) is 13.3. The predicted molar refractivity (Wildman–Crippen MR) is 112 cm³/mol. The Labute approximate surface area is 171 Å². The Morgan fingerprint density at radius 3 is 2.59 bits per heavy atom. The van der Waals surface area contributed by atoms with Gasteiger partial charge in [0.1, 0.15) is 0 Å². The van der Waals surface area contributed by atoms with Crippen LogP contribution in [-0.2, 0) is 31.5 Å². The number of benzene rings is 2. The van der Waals surface area contributed by atoms with Crippen molar-refractivity contribution >= 4 is 0 Å². The fourth-order valence-corrected chi connectivity index (χ4v) is 3.58. The number of ether oxygens (including phenoxy) is 3. The second-order valence-corrected chi connectivity index (χ2v) is 7.19. The molecule has 1 aromatic heterocycles. The molecule has 6 heteroatoms. The first-order valence-corrected chi connectivity index (χ1v) is 9.93. The van der Waals surface area contributed by atoms with Crippen molar-refractivity contribution in [2.75, 3.05) is 20.3 Å². The molecule has 0 amide bonds. The van der Waals surface area contributed by atoms with Gasteiger partial charge in [-0.3, -0.25) is 4.68 Å². The molecule has 6 nitrogen and oxygen atoms in total. The highest BCUT2D eigenvalue weighted by molar-refractivity contribution is 5.66. The summed E-state index contributed by atoms with van der Waals surface area (Å²) in [7, 11) is 3.67. The molecule has 0 spiro atoms. The Balaban J connectivity index is 1.50. The predicted octanol–water partition coefficient (Wildman–Crippen LogP) is 3.68. The van der Waals surface area contributed by atoms with E-state index in [-0.39, 0.29) is 0 Å². The molecule has 0 fully saturated rings. The number of fused-ring (bicyclic) bond motifs is 1. The molecule has 0 unspecified atom stereocenters. The van der Waals surface area contributed by atoms with Crippen LogP contribution in [0.15, 0.2) is 48.7 Å². The van der Waals surface area contributed by atoms with Gasteiger partial charge in [0.15, 0.2) is 11.5 Å². The molecule has 0 saturated heterocycles. The van der Waals surface area contributed by atoms with E-state index < -0.39 is 0 Å². The fourth-order valence-electron chi connectivity index (χ4n) is 3.58. The first-order valence-electron chi connectivity index (χ1n) is 9.93. The summed E-state index contributed by atoms with van der Waals surface area (Å²) in [5.41, 5.74) is 5.59. The van der Waals surface area contributed by atoms with Gasteiger partial charge in [-0.1, -0.05) is 24.3 Å². The smallest absolute Gasteiger partial charge is 0.161 e. The van der Waals surface area contributed by atoms with Crippen LogP contribution >= 0.6 is 0 Å². The molecule has 0 saturated carbocycles. The number of aromatic nitrogens is 2. The highest BCUT2D eigenvalue weighted by atomic mass is 16.5. The van der Waals surface area contributed by atoms with Crippen LogP contribution in [0, 0.1) is 0 Å². The lowest BCUT2D eigenvalue weighted by atomic mass is 10.1. The van der Waals surface area contributed by atoms with E-state index >= 15 is 0 Å². The van der Waals surface area contributed by atoms with Gasteiger partial charge >= 0.3 is 0 Å². The van der Waals surface area contributed by atoms with E-state index in [4.69, 9.17) is 14.2 Å². The number of methoxy groups -OCH3 is 1. The SMILES string of the molecule is COCc1ccccc1CNCc1cn(C)nc1-c1ccc2c(c1)OCCCO2. The van der Waals surface area contributed by atoms with Crippen LogP contribution in [0.3, 0.4) is 0 Å². The van der Waals surface area contributed by atoms with Crippen molar-refractivity contribution in [2.24, 2.45) is 7.05 Å². The lowest BCUT2D eigenvalue weighted by molar-refractivity contribution is 0.184. The van der Waals surface area contributed by atoms with Crippen LogP contribution in [0.1, 0.15) is 23.1 Å². The summed E-state index contributed by atoms with van der Waals surface area (Å²) in [6, 6.07) is 14.4. The molecular weight excluding hydrogens is 366 g/mol. The van der Waals surface area contributed by atoms with Gasteiger partial charge in [0.2, 0.25) is 0 Å². The van der Waals surface area contributed by atoms with E-state index in [9.17, 15) is 0 Å². The van der Waals surface area contributed by atoms with Crippen LogP contribution in [0.5, 0.6) is 11.5 Å². The molecule has 0 atom stereocenters. The molecule has 1 aliphatic heterocycles. The maximum absolute atomic E-state index is 5.85. The number of nitrogens with one attached hydrogen (secondary N) is 1. The Kier molecular flexibility index (Phi) is 6.12. The van der Waals surface area contributed by atoms with Crippen molar-refractivity contribution in [3.8, 4) is 22.8 Å². The quantitative estimate of drug-likeness (QED) is 0.664. The van der Waals surface area contributed by atoms with Crippen LogP contribution in [-0.4, -0.2) is 30.1 Å². The van der Waals surface area contributed by atoms with Crippen molar-refractivity contribution < 1.29 is 14.2 Å². The molecular formula is C23H27N3O3. The lowest BCUT2D eigenvalue weighted by Gasteiger charge is -2.11. The van der Waals surface area contributed by atoms with Gasteiger partial charge in [0.05, 0.1) is 25.5 Å². The van der Waals surface area contributed by atoms with E-state index in [0.717, 1.165) is 47.8 Å². The molecule has 0 radical (unpaired) electrons. The Bertz CT molecular complexity index is 968. The summed E-state index contributed by atoms with van der Waals surface area (Å²) < 4.78 is 18.8. The zero-order valence-electron chi connectivity index (χ0n) is 17.0. The summed E-state index contributed by atoms with van der Waals surface area (Å²) >= 11 is 0. The average Bonchev–Trinajstić information content (AvgIpc) is 2.95. The summed E-state index contributed by atoms with van der Waals surface area (Å²) in [5.74, 6) is 1.59. The first kappa shape index (κ1) is 19.5. The minimum Gasteiger partial charge on any atom is -0.490 e. The zero-order chi connectivity index (χ0) is 20.1. The minimum absolute atomic E-state index is 0.618. The van der Waals surface area contributed by atoms with Gasteiger partial charge in [-0.2, -0.15) is 5.10 Å². The van der Waals surface area contributed by atoms with Crippen molar-refractivity contribution in [3.05, 3.63) is 65.4 Å². The average molecular weight is 393 g/mol. The lowest BCUT2D eigenvalue weighted by Crippen LogP contribution is -2.14. The molecule has 152 valence electrons. The molecule has 3 aromatic rings. The monoisotopic (exact) mass is 393 g/mol. The summed E-state index contributed by atoms with van der Waals surface area (Å²) in [6.45, 7) is 3.48. The topological polar surface area (TPSA) is 57.5 Å². The van der Waals surface area contributed by atoms with Crippen molar-refractivity contribution in [1.29, 1.82) is 0 Å². The molecule has 1 aliphatic rings. The van der Waals surface area contributed by atoms with Gasteiger partial charge in [-0.15, -0.1) is 0 Å². The molecule has 0 bridgehead atoms. The third kappa shape index (κ3) is 4.60. The number of nitrogens with zero attached hydrogens (tertiary/aromatic N) is 2. The van der Waals surface area contributed by atoms with Crippen molar-refractivity contribution in [1.82, 2.24) is 15.1 Å². The highest BCUT2D eigenvalue weighted by Gasteiger charge is 2.15. The second kappa shape index (κ2) is 9.11.